The number of aromatic amines is 1. The molecule has 3 N–H and O–H groups in total. The number of nitrogen functional groups attached to an aromatic ring is 1. The van der Waals surface area contributed by atoms with E-state index >= 15 is 0 Å². The van der Waals surface area contributed by atoms with Crippen molar-refractivity contribution in [3.05, 3.63) is 35.7 Å². The lowest BCUT2D eigenvalue weighted by molar-refractivity contribution is 1.14. The molecule has 0 aliphatic heterocycles. The highest BCUT2D eigenvalue weighted by molar-refractivity contribution is 5.70. The van der Waals surface area contributed by atoms with Gasteiger partial charge in [-0.25, -0.2) is 4.98 Å². The molecule has 1 aromatic heterocycles. The summed E-state index contributed by atoms with van der Waals surface area (Å²) in [6.45, 7) is 4.05. The van der Waals surface area contributed by atoms with Gasteiger partial charge in [0.15, 0.2) is 0 Å². The highest BCUT2D eigenvalue weighted by Gasteiger charge is 2.06. The van der Waals surface area contributed by atoms with Crippen LogP contribution in [0.4, 0.5) is 5.82 Å². The Labute approximate surface area is 89.4 Å². The molecule has 0 radical (unpaired) electrons. The molecule has 0 aliphatic rings. The number of hydrogen-bond donors (Lipinski definition) is 2. The van der Waals surface area contributed by atoms with Crippen LogP contribution >= 0.6 is 0 Å². The molecule has 0 saturated carbocycles. The van der Waals surface area contributed by atoms with Crippen LogP contribution < -0.4 is 5.73 Å². The molecule has 0 saturated heterocycles. The fraction of sp³-hybridized carbons (Fsp3) is 0.250. The number of aryl methyl sites for hydroxylation is 2. The van der Waals surface area contributed by atoms with Crippen molar-refractivity contribution < 1.29 is 0 Å². The van der Waals surface area contributed by atoms with Crippen LogP contribution in [-0.4, -0.2) is 9.97 Å². The zero-order valence-corrected chi connectivity index (χ0v) is 9.04. The van der Waals surface area contributed by atoms with E-state index in [1.165, 1.54) is 5.56 Å². The van der Waals surface area contributed by atoms with Crippen molar-refractivity contribution in [1.29, 1.82) is 0 Å². The monoisotopic (exact) mass is 201 g/mol. The molecule has 3 heteroatoms. The Bertz CT molecular complexity index is 454. The minimum absolute atomic E-state index is 0.566. The summed E-state index contributed by atoms with van der Waals surface area (Å²) in [4.78, 5) is 7.31. The highest BCUT2D eigenvalue weighted by Crippen LogP contribution is 2.23. The summed E-state index contributed by atoms with van der Waals surface area (Å²) >= 11 is 0. The molecule has 3 nitrogen and oxygen atoms in total. The van der Waals surface area contributed by atoms with Crippen molar-refractivity contribution in [3.63, 3.8) is 0 Å². The largest absolute Gasteiger partial charge is 0.382 e. The smallest absolute Gasteiger partial charge is 0.149 e. The zero-order valence-electron chi connectivity index (χ0n) is 9.04. The maximum atomic E-state index is 5.80. The normalized spacial score (nSPS) is 10.5. The first kappa shape index (κ1) is 9.77. The van der Waals surface area contributed by atoms with E-state index in [0.717, 1.165) is 23.5 Å². The molecule has 0 bridgehead atoms. The van der Waals surface area contributed by atoms with Crippen LogP contribution in [0.15, 0.2) is 24.3 Å². The number of benzene rings is 1. The molecule has 1 aromatic carbocycles. The van der Waals surface area contributed by atoms with E-state index in [2.05, 4.69) is 41.2 Å². The van der Waals surface area contributed by atoms with Crippen LogP contribution in [0.3, 0.4) is 0 Å². The van der Waals surface area contributed by atoms with E-state index in [0.29, 0.717) is 5.82 Å². The van der Waals surface area contributed by atoms with Crippen molar-refractivity contribution >= 4 is 5.82 Å². The summed E-state index contributed by atoms with van der Waals surface area (Å²) in [6, 6.07) is 8.38. The van der Waals surface area contributed by atoms with Gasteiger partial charge < -0.3 is 10.7 Å². The molecule has 2 rings (SSSR count). The number of H-pyrrole nitrogens is 1. The van der Waals surface area contributed by atoms with Gasteiger partial charge >= 0.3 is 0 Å². The zero-order chi connectivity index (χ0) is 10.8. The first-order valence-corrected chi connectivity index (χ1v) is 5.12. The predicted octanol–water partition coefficient (Wildman–Crippen LogP) is 2.53. The Morgan fingerprint density at radius 3 is 2.40 bits per heavy atom. The second kappa shape index (κ2) is 3.77. The summed E-state index contributed by atoms with van der Waals surface area (Å²) in [6.07, 6.45) is 1.05. The van der Waals surface area contributed by atoms with Gasteiger partial charge in [0.25, 0.3) is 0 Å². The topological polar surface area (TPSA) is 54.7 Å². The third-order valence-electron chi connectivity index (χ3n) is 2.50. The van der Waals surface area contributed by atoms with E-state index in [4.69, 9.17) is 5.73 Å². The average Bonchev–Trinajstić information content (AvgIpc) is 2.58. The number of nitrogens with zero attached hydrogens (tertiary/aromatic N) is 1. The van der Waals surface area contributed by atoms with Gasteiger partial charge in [0.2, 0.25) is 0 Å². The molecule has 1 heterocycles. The molecular weight excluding hydrogens is 186 g/mol. The summed E-state index contributed by atoms with van der Waals surface area (Å²) in [5, 5.41) is 0. The standard InChI is InChI=1S/C12H15N3/c1-3-9-4-6-10(7-5-9)11-12(13)15-8(2)14-11/h4-7H,3,13H2,1-2H3,(H,14,15). The number of anilines is 1. The summed E-state index contributed by atoms with van der Waals surface area (Å²) in [5.41, 5.74) is 9.13. The first-order valence-electron chi connectivity index (χ1n) is 5.12. The Balaban J connectivity index is 2.41. The highest BCUT2D eigenvalue weighted by atomic mass is 15.0. The molecule has 0 aliphatic carbocycles. The van der Waals surface area contributed by atoms with E-state index in [1.54, 1.807) is 0 Å². The fourth-order valence-electron chi connectivity index (χ4n) is 1.64. The Morgan fingerprint density at radius 1 is 1.27 bits per heavy atom. The number of nitrogens with two attached hydrogens (primary N) is 1. The van der Waals surface area contributed by atoms with Crippen LogP contribution in [0.2, 0.25) is 0 Å². The number of imidazole rings is 1. The van der Waals surface area contributed by atoms with E-state index in [1.807, 2.05) is 6.92 Å². The maximum Gasteiger partial charge on any atom is 0.149 e. The lowest BCUT2D eigenvalue weighted by Gasteiger charge is -2.01. The summed E-state index contributed by atoms with van der Waals surface area (Å²) in [7, 11) is 0. The van der Waals surface area contributed by atoms with Crippen molar-refractivity contribution in [1.82, 2.24) is 9.97 Å². The van der Waals surface area contributed by atoms with Crippen LogP contribution in [0, 0.1) is 6.92 Å². The molecule has 0 amide bonds. The van der Waals surface area contributed by atoms with E-state index < -0.39 is 0 Å². The first-order chi connectivity index (χ1) is 7.20. The van der Waals surface area contributed by atoms with Crippen LogP contribution in [0.25, 0.3) is 11.3 Å². The lowest BCUT2D eigenvalue weighted by Crippen LogP contribution is -1.88. The molecule has 2 aromatic rings. The van der Waals surface area contributed by atoms with Gasteiger partial charge in [0.05, 0.1) is 5.69 Å². The van der Waals surface area contributed by atoms with Gasteiger partial charge in [0, 0.05) is 5.56 Å². The Morgan fingerprint density at radius 2 is 1.93 bits per heavy atom. The van der Waals surface area contributed by atoms with Gasteiger partial charge in [-0.3, -0.25) is 0 Å². The SMILES string of the molecule is CCc1ccc(-c2[nH]c(C)nc2N)cc1. The van der Waals surface area contributed by atoms with E-state index in [-0.39, 0.29) is 0 Å². The van der Waals surface area contributed by atoms with Crippen LogP contribution in [-0.2, 0) is 6.42 Å². The number of aromatic nitrogens is 2. The van der Waals surface area contributed by atoms with Gasteiger partial charge in [-0.05, 0) is 18.9 Å². The Kier molecular flexibility index (Phi) is 2.46. The fourth-order valence-corrected chi connectivity index (χ4v) is 1.64. The van der Waals surface area contributed by atoms with Crippen molar-refractivity contribution in [2.45, 2.75) is 20.3 Å². The molecule has 15 heavy (non-hydrogen) atoms. The van der Waals surface area contributed by atoms with Gasteiger partial charge in [0.1, 0.15) is 11.6 Å². The third-order valence-corrected chi connectivity index (χ3v) is 2.50. The van der Waals surface area contributed by atoms with E-state index in [9.17, 15) is 0 Å². The molecule has 78 valence electrons. The number of rotatable bonds is 2. The quantitative estimate of drug-likeness (QED) is 0.784. The molecule has 0 fully saturated rings. The lowest BCUT2D eigenvalue weighted by atomic mass is 10.1. The predicted molar refractivity (Wildman–Crippen MR) is 62.6 cm³/mol. The molecule has 0 atom stereocenters. The van der Waals surface area contributed by atoms with Crippen molar-refractivity contribution in [3.8, 4) is 11.3 Å². The van der Waals surface area contributed by atoms with Crippen molar-refractivity contribution in [2.75, 3.05) is 5.73 Å². The molecular formula is C12H15N3. The Hall–Kier alpha value is -1.77. The second-order valence-electron chi connectivity index (χ2n) is 3.63. The summed E-state index contributed by atoms with van der Waals surface area (Å²) < 4.78 is 0. The van der Waals surface area contributed by atoms with Crippen LogP contribution in [0.5, 0.6) is 0 Å². The number of hydrogen-bond acceptors (Lipinski definition) is 2. The van der Waals surface area contributed by atoms with Crippen LogP contribution in [0.1, 0.15) is 18.3 Å². The van der Waals surface area contributed by atoms with Gasteiger partial charge in [-0.1, -0.05) is 31.2 Å². The minimum atomic E-state index is 0.566. The van der Waals surface area contributed by atoms with Gasteiger partial charge in [-0.15, -0.1) is 0 Å². The van der Waals surface area contributed by atoms with Crippen molar-refractivity contribution in [2.24, 2.45) is 0 Å². The van der Waals surface area contributed by atoms with Gasteiger partial charge in [-0.2, -0.15) is 0 Å². The molecule has 0 spiro atoms. The molecule has 0 unspecified atom stereocenters. The summed E-state index contributed by atoms with van der Waals surface area (Å²) in [5.74, 6) is 1.42. The average molecular weight is 201 g/mol. The third kappa shape index (κ3) is 1.86. The number of nitrogens with one attached hydrogen (secondary N) is 1. The second-order valence-corrected chi connectivity index (χ2v) is 3.63. The maximum absolute atomic E-state index is 5.80. The minimum Gasteiger partial charge on any atom is -0.382 e.